The van der Waals surface area contributed by atoms with Crippen LogP contribution in [0.2, 0.25) is 0 Å². The summed E-state index contributed by atoms with van der Waals surface area (Å²) in [5.74, 6) is 0.484. The first kappa shape index (κ1) is 25.1. The molecule has 0 saturated heterocycles. The van der Waals surface area contributed by atoms with Crippen molar-refractivity contribution < 1.29 is 0 Å². The van der Waals surface area contributed by atoms with E-state index in [1.54, 1.807) is 0 Å². The number of nitrogens with zero attached hydrogens (tertiary/aromatic N) is 1. The van der Waals surface area contributed by atoms with Gasteiger partial charge in [-0.2, -0.15) is 0 Å². The highest BCUT2D eigenvalue weighted by Crippen LogP contribution is 2.45. The Morgan fingerprint density at radius 1 is 0.667 bits per heavy atom. The van der Waals surface area contributed by atoms with E-state index in [9.17, 15) is 0 Å². The second-order valence-corrected chi connectivity index (χ2v) is 11.9. The van der Waals surface area contributed by atoms with Gasteiger partial charge in [-0.1, -0.05) is 110 Å². The van der Waals surface area contributed by atoms with Gasteiger partial charge in [-0.05, 0) is 89.4 Å². The van der Waals surface area contributed by atoms with Crippen LogP contribution in [0.4, 0.5) is 0 Å². The second kappa shape index (κ2) is 10.0. The predicted molar refractivity (Wildman–Crippen MR) is 181 cm³/mol. The largest absolute Gasteiger partial charge is 0.311 e. The van der Waals surface area contributed by atoms with Crippen LogP contribution >= 0.6 is 0 Å². The van der Waals surface area contributed by atoms with Crippen LogP contribution in [0, 0.1) is 6.92 Å². The topological polar surface area (TPSA) is 4.93 Å². The summed E-state index contributed by atoms with van der Waals surface area (Å²) in [5, 5.41) is 6.65. The number of hydrogen-bond acceptors (Lipinski definition) is 0. The van der Waals surface area contributed by atoms with E-state index in [1.807, 2.05) is 0 Å². The Labute approximate surface area is 248 Å². The number of aromatic nitrogens is 1. The van der Waals surface area contributed by atoms with Crippen LogP contribution in [0.3, 0.4) is 0 Å². The number of fused-ring (bicyclic) bond motifs is 5. The summed E-state index contributed by atoms with van der Waals surface area (Å²) < 4.78 is 2.64. The normalized spacial score (nSPS) is 16.3. The summed E-state index contributed by atoms with van der Waals surface area (Å²) in [6, 6.07) is 34.1. The van der Waals surface area contributed by atoms with Crippen LogP contribution < -0.4 is 0 Å². The summed E-state index contributed by atoms with van der Waals surface area (Å²) in [6.07, 6.45) is 16.2. The highest BCUT2D eigenvalue weighted by atomic mass is 15.0. The van der Waals surface area contributed by atoms with Crippen molar-refractivity contribution >= 4 is 44.1 Å². The first-order valence-electron chi connectivity index (χ1n) is 15.5. The quantitative estimate of drug-likeness (QED) is 0.196. The molecule has 0 aliphatic heterocycles. The molecule has 0 N–H and O–H groups in total. The van der Waals surface area contributed by atoms with Gasteiger partial charge in [0.2, 0.25) is 0 Å². The van der Waals surface area contributed by atoms with E-state index in [4.69, 9.17) is 0 Å². The van der Waals surface area contributed by atoms with E-state index >= 15 is 0 Å². The van der Waals surface area contributed by atoms with Crippen LogP contribution in [0.1, 0.15) is 60.9 Å². The number of hydrogen-bond donors (Lipinski definition) is 0. The Hall–Kier alpha value is -4.62. The van der Waals surface area contributed by atoms with E-state index in [1.165, 1.54) is 77.2 Å². The zero-order chi connectivity index (χ0) is 28.2. The Kier molecular flexibility index (Phi) is 6.00. The molecule has 42 heavy (non-hydrogen) atoms. The van der Waals surface area contributed by atoms with Gasteiger partial charge in [0.15, 0.2) is 0 Å². The number of benzene rings is 5. The molecule has 6 aromatic rings. The van der Waals surface area contributed by atoms with Gasteiger partial charge in [0.05, 0.1) is 11.2 Å². The Balaban J connectivity index is 1.53. The molecule has 1 heteroatoms. The summed E-state index contributed by atoms with van der Waals surface area (Å²) in [4.78, 5) is 0. The minimum absolute atomic E-state index is 0.484. The van der Waals surface area contributed by atoms with Gasteiger partial charge in [0.25, 0.3) is 0 Å². The molecule has 0 amide bonds. The summed E-state index contributed by atoms with van der Waals surface area (Å²) in [6.45, 7) is 4.65. The number of allylic oxidation sites excluding steroid dienone is 5. The molecule has 8 rings (SSSR count). The van der Waals surface area contributed by atoms with E-state index in [2.05, 4.69) is 140 Å². The molecule has 0 radical (unpaired) electrons. The monoisotopic (exact) mass is 541 g/mol. The fraction of sp³-hybridized carbons (Fsp3) is 0.171. The molecular weight excluding hydrogens is 506 g/mol. The third-order valence-corrected chi connectivity index (χ3v) is 9.55. The molecule has 0 bridgehead atoms. The predicted octanol–water partition coefficient (Wildman–Crippen LogP) is 11.6. The van der Waals surface area contributed by atoms with Gasteiger partial charge < -0.3 is 4.57 Å². The van der Waals surface area contributed by atoms with Gasteiger partial charge in [-0.3, -0.25) is 0 Å². The Bertz CT molecular complexity index is 2100. The van der Waals surface area contributed by atoms with Gasteiger partial charge in [0, 0.05) is 33.3 Å². The lowest BCUT2D eigenvalue weighted by atomic mass is 9.88. The first-order chi connectivity index (χ1) is 20.7. The summed E-state index contributed by atoms with van der Waals surface area (Å²) >= 11 is 0. The third-order valence-electron chi connectivity index (χ3n) is 9.55. The first-order valence-corrected chi connectivity index (χ1v) is 15.5. The van der Waals surface area contributed by atoms with Gasteiger partial charge in [0.1, 0.15) is 0 Å². The molecule has 5 aromatic carbocycles. The van der Waals surface area contributed by atoms with Crippen molar-refractivity contribution in [1.29, 1.82) is 0 Å². The lowest BCUT2D eigenvalue weighted by Crippen LogP contribution is -2.10. The van der Waals surface area contributed by atoms with Crippen LogP contribution in [0.15, 0.2) is 115 Å². The maximum absolute atomic E-state index is 2.64. The van der Waals surface area contributed by atoms with Crippen molar-refractivity contribution in [3.05, 3.63) is 138 Å². The minimum atomic E-state index is 0.484. The van der Waals surface area contributed by atoms with Crippen LogP contribution in [0.5, 0.6) is 0 Å². The molecule has 0 fully saturated rings. The van der Waals surface area contributed by atoms with Gasteiger partial charge in [-0.25, -0.2) is 0 Å². The molecule has 1 unspecified atom stereocenters. The fourth-order valence-electron chi connectivity index (χ4n) is 7.40. The van der Waals surface area contributed by atoms with Crippen molar-refractivity contribution in [3.8, 4) is 16.8 Å². The molecular formula is C41H35N. The molecule has 1 nitrogen and oxygen atoms in total. The third kappa shape index (κ3) is 3.84. The highest BCUT2D eigenvalue weighted by molar-refractivity contribution is 6.13. The molecule has 1 heterocycles. The number of rotatable bonds is 4. The Morgan fingerprint density at radius 3 is 2.29 bits per heavy atom. The Morgan fingerprint density at radius 2 is 1.45 bits per heavy atom. The van der Waals surface area contributed by atoms with E-state index in [0.717, 1.165) is 25.7 Å². The molecule has 204 valence electrons. The molecule has 2 aliphatic carbocycles. The standard InChI is InChI=1S/C41H35N/c1-3-28-17-12-19-35-34-18-10-11-20-39(34)42(40(28)35)41-36-24-22-31(29-13-6-4-7-14-29)25-37(36)27(2)33-23-21-32(26-38(33)41)30-15-8-5-9-16-30/h5-6,8-16,18-26,28H,3-4,7,17H2,1-2H3. The lowest BCUT2D eigenvalue weighted by Gasteiger charge is -2.25. The van der Waals surface area contributed by atoms with Gasteiger partial charge in [-0.15, -0.1) is 0 Å². The van der Waals surface area contributed by atoms with Gasteiger partial charge >= 0.3 is 0 Å². The average molecular weight is 542 g/mol. The minimum Gasteiger partial charge on any atom is -0.311 e. The average Bonchev–Trinajstić information content (AvgIpc) is 3.40. The molecule has 0 saturated carbocycles. The SMILES string of the molecule is CCC1CC=Cc2c1n(-c1c3ccc(C4=CCCC=C4)cc3c(C)c3ccc(-c4ccccc4)cc13)c1ccccc21. The summed E-state index contributed by atoms with van der Waals surface area (Å²) in [5.41, 5.74) is 12.0. The molecule has 2 aliphatic rings. The van der Waals surface area contributed by atoms with E-state index < -0.39 is 0 Å². The highest BCUT2D eigenvalue weighted by Gasteiger charge is 2.27. The molecule has 1 aromatic heterocycles. The van der Waals surface area contributed by atoms with Crippen molar-refractivity contribution in [2.75, 3.05) is 0 Å². The van der Waals surface area contributed by atoms with E-state index in [0.29, 0.717) is 5.92 Å². The van der Waals surface area contributed by atoms with Crippen LogP contribution in [0.25, 0.3) is 60.9 Å². The van der Waals surface area contributed by atoms with Crippen molar-refractivity contribution in [2.24, 2.45) is 0 Å². The smallest absolute Gasteiger partial charge is 0.0616 e. The maximum Gasteiger partial charge on any atom is 0.0616 e. The second-order valence-electron chi connectivity index (χ2n) is 11.9. The van der Waals surface area contributed by atoms with Crippen molar-refractivity contribution in [3.63, 3.8) is 0 Å². The molecule has 1 atom stereocenters. The van der Waals surface area contributed by atoms with Crippen LogP contribution in [-0.2, 0) is 0 Å². The number of para-hydroxylation sites is 1. The zero-order valence-corrected chi connectivity index (χ0v) is 24.4. The van der Waals surface area contributed by atoms with Crippen LogP contribution in [-0.4, -0.2) is 4.57 Å². The zero-order valence-electron chi connectivity index (χ0n) is 24.4. The van der Waals surface area contributed by atoms with Crippen molar-refractivity contribution in [2.45, 2.75) is 45.4 Å². The van der Waals surface area contributed by atoms with E-state index in [-0.39, 0.29) is 0 Å². The lowest BCUT2D eigenvalue weighted by molar-refractivity contribution is 0.638. The maximum atomic E-state index is 2.64. The number of aryl methyl sites for hydroxylation is 1. The molecule has 0 spiro atoms. The summed E-state index contributed by atoms with van der Waals surface area (Å²) in [7, 11) is 0. The fourth-order valence-corrected chi connectivity index (χ4v) is 7.40. The van der Waals surface area contributed by atoms with Crippen molar-refractivity contribution in [1.82, 2.24) is 4.57 Å².